The van der Waals surface area contributed by atoms with Gasteiger partial charge in [-0.1, -0.05) is 12.1 Å². The van der Waals surface area contributed by atoms with Crippen molar-refractivity contribution >= 4 is 34.5 Å². The van der Waals surface area contributed by atoms with Crippen molar-refractivity contribution in [3.63, 3.8) is 0 Å². The van der Waals surface area contributed by atoms with E-state index in [1.807, 2.05) is 12.4 Å². The summed E-state index contributed by atoms with van der Waals surface area (Å²) >= 11 is 0. The third-order valence-corrected chi connectivity index (χ3v) is 10.1. The van der Waals surface area contributed by atoms with E-state index in [0.717, 1.165) is 37.1 Å². The Morgan fingerprint density at radius 2 is 1.09 bits per heavy atom. The molecule has 2 aliphatic rings. The number of hydrogen-bond donors (Lipinski definition) is 2. The standard InChI is InChI=1S/2C20H17F2N5O2/c2*1-29-17-7-12(24-20(28)15-4-2-3-14(25-15)18(21)22)9-27-10-16(26-19(17)27)13-6-5-11(13)8-23/h2*2-4,7,9-11,13,18H,5-6H2,1H3,(H,24,28)/t2*11-,13+/m10/s1. The van der Waals surface area contributed by atoms with Gasteiger partial charge in [-0.25, -0.2) is 37.5 Å². The van der Waals surface area contributed by atoms with Crippen LogP contribution in [0.4, 0.5) is 28.9 Å². The summed E-state index contributed by atoms with van der Waals surface area (Å²) < 4.78 is 65.5. The van der Waals surface area contributed by atoms with Crippen molar-refractivity contribution in [2.45, 2.75) is 50.4 Å². The highest BCUT2D eigenvalue weighted by Crippen LogP contribution is 2.43. The zero-order valence-corrected chi connectivity index (χ0v) is 30.9. The lowest BCUT2D eigenvalue weighted by Gasteiger charge is -2.29. The number of alkyl halides is 4. The number of nitriles is 2. The number of nitrogens with one attached hydrogen (secondary N) is 2. The number of carbonyl (C=O) groups excluding carboxylic acids is 2. The first kappa shape index (κ1) is 39.2. The molecule has 8 rings (SSSR count). The van der Waals surface area contributed by atoms with E-state index in [1.54, 1.807) is 33.3 Å². The molecule has 2 fully saturated rings. The number of methoxy groups -OCH3 is 2. The molecule has 0 unspecified atom stereocenters. The summed E-state index contributed by atoms with van der Waals surface area (Å²) in [7, 11) is 2.98. The topological polar surface area (TPSA) is 185 Å². The zero-order valence-electron chi connectivity index (χ0n) is 30.9. The van der Waals surface area contributed by atoms with Gasteiger partial charge in [0.1, 0.15) is 22.8 Å². The van der Waals surface area contributed by atoms with E-state index in [9.17, 15) is 37.7 Å². The predicted octanol–water partition coefficient (Wildman–Crippen LogP) is 7.89. The van der Waals surface area contributed by atoms with Crippen molar-refractivity contribution in [1.29, 1.82) is 10.5 Å². The van der Waals surface area contributed by atoms with E-state index >= 15 is 0 Å². The molecule has 0 aromatic carbocycles. The number of amides is 2. The first-order chi connectivity index (χ1) is 28.0. The highest BCUT2D eigenvalue weighted by molar-refractivity contribution is 6.03. The average molecular weight is 795 g/mol. The Bertz CT molecular complexity index is 2420. The smallest absolute Gasteiger partial charge is 0.280 e. The molecule has 18 heteroatoms. The fraction of sp³-hybridized carbons (Fsp3) is 0.300. The van der Waals surface area contributed by atoms with Crippen LogP contribution in [-0.4, -0.2) is 54.8 Å². The largest absolute Gasteiger partial charge is 0.493 e. The Balaban J connectivity index is 0.000000177. The molecule has 2 N–H and O–H groups in total. The van der Waals surface area contributed by atoms with Gasteiger partial charge in [-0.05, 0) is 49.9 Å². The van der Waals surface area contributed by atoms with Crippen LogP contribution in [-0.2, 0) is 0 Å². The average Bonchev–Trinajstić information content (AvgIpc) is 3.81. The summed E-state index contributed by atoms with van der Waals surface area (Å²) in [5.74, 6) is -0.257. The van der Waals surface area contributed by atoms with Gasteiger partial charge in [0.25, 0.3) is 24.7 Å². The lowest BCUT2D eigenvalue weighted by atomic mass is 9.73. The van der Waals surface area contributed by atoms with Crippen molar-refractivity contribution < 1.29 is 36.6 Å². The van der Waals surface area contributed by atoms with Crippen molar-refractivity contribution in [2.24, 2.45) is 11.8 Å². The fourth-order valence-corrected chi connectivity index (χ4v) is 6.77. The summed E-state index contributed by atoms with van der Waals surface area (Å²) in [6.45, 7) is 0. The second-order valence-corrected chi connectivity index (χ2v) is 13.6. The molecule has 0 saturated heterocycles. The van der Waals surface area contributed by atoms with Crippen molar-refractivity contribution in [3.8, 4) is 23.6 Å². The molecule has 2 aliphatic carbocycles. The summed E-state index contributed by atoms with van der Waals surface area (Å²) in [5, 5.41) is 23.7. The fourth-order valence-electron chi connectivity index (χ4n) is 6.77. The van der Waals surface area contributed by atoms with Gasteiger partial charge in [0, 0.05) is 48.8 Å². The second kappa shape index (κ2) is 16.6. The van der Waals surface area contributed by atoms with Gasteiger partial charge in [0.2, 0.25) is 0 Å². The Morgan fingerprint density at radius 1 is 0.672 bits per heavy atom. The molecule has 6 aromatic rings. The molecule has 2 amide bonds. The number of nitrogens with zero attached hydrogens (tertiary/aromatic N) is 8. The van der Waals surface area contributed by atoms with Gasteiger partial charge in [-0.3, -0.25) is 9.59 Å². The van der Waals surface area contributed by atoms with Gasteiger partial charge < -0.3 is 28.9 Å². The molecule has 6 aromatic heterocycles. The van der Waals surface area contributed by atoms with Crippen LogP contribution in [0.15, 0.2) is 73.3 Å². The lowest BCUT2D eigenvalue weighted by Crippen LogP contribution is -2.22. The number of halogens is 4. The molecule has 0 bridgehead atoms. The van der Waals surface area contributed by atoms with Crippen molar-refractivity contribution in [3.05, 3.63) is 107 Å². The van der Waals surface area contributed by atoms with Gasteiger partial charge in [-0.15, -0.1) is 0 Å². The predicted molar refractivity (Wildman–Crippen MR) is 200 cm³/mol. The molecular weight excluding hydrogens is 760 g/mol. The number of aromatic nitrogens is 6. The summed E-state index contributed by atoms with van der Waals surface area (Å²) in [6.07, 6.45) is 4.96. The minimum Gasteiger partial charge on any atom is -0.493 e. The Morgan fingerprint density at radius 3 is 1.41 bits per heavy atom. The Kier molecular flexibility index (Phi) is 11.2. The summed E-state index contributed by atoms with van der Waals surface area (Å²) in [6, 6.07) is 15.6. The van der Waals surface area contributed by atoms with Crippen LogP contribution in [0.2, 0.25) is 0 Å². The highest BCUT2D eigenvalue weighted by Gasteiger charge is 2.35. The van der Waals surface area contributed by atoms with Crippen LogP contribution < -0.4 is 20.1 Å². The molecule has 0 radical (unpaired) electrons. The van der Waals surface area contributed by atoms with Gasteiger partial charge in [0.15, 0.2) is 22.8 Å². The van der Waals surface area contributed by atoms with E-state index in [2.05, 4.69) is 42.7 Å². The first-order valence-corrected chi connectivity index (χ1v) is 18.1. The van der Waals surface area contributed by atoms with E-state index in [-0.39, 0.29) is 35.1 Å². The summed E-state index contributed by atoms with van der Waals surface area (Å²) in [4.78, 5) is 41.5. The number of carbonyl (C=O) groups is 2. The molecule has 14 nitrogen and oxygen atoms in total. The SMILES string of the molecule is COc1cc(NC(=O)c2cccc(C(F)F)n2)cn2cc([C@@H]3CC[C@H]3C#N)nc12.COc1cc(NC(=O)c2cccc(C(F)F)n2)cn2cc([C@H]3CC[C@@H]3C#N)nc12. The number of pyridine rings is 4. The van der Waals surface area contributed by atoms with Crippen LogP contribution in [0.1, 0.15) is 94.1 Å². The van der Waals surface area contributed by atoms with Crippen LogP contribution >= 0.6 is 0 Å². The maximum absolute atomic E-state index is 12.8. The van der Waals surface area contributed by atoms with Crippen molar-refractivity contribution in [2.75, 3.05) is 24.9 Å². The first-order valence-electron chi connectivity index (χ1n) is 18.1. The van der Waals surface area contributed by atoms with Crippen LogP contribution in [0.3, 0.4) is 0 Å². The molecule has 0 aliphatic heterocycles. The zero-order chi connectivity index (χ0) is 41.1. The van der Waals surface area contributed by atoms with E-state index in [0.29, 0.717) is 34.2 Å². The molecule has 2 saturated carbocycles. The Hall–Kier alpha value is -7.08. The number of rotatable bonds is 10. The molecule has 6 heterocycles. The van der Waals surface area contributed by atoms with Crippen LogP contribution in [0, 0.1) is 34.5 Å². The minimum atomic E-state index is -2.76. The second-order valence-electron chi connectivity index (χ2n) is 13.6. The number of hydrogen-bond acceptors (Lipinski definition) is 10. The van der Waals surface area contributed by atoms with Crippen LogP contribution in [0.25, 0.3) is 11.3 Å². The molecule has 296 valence electrons. The van der Waals surface area contributed by atoms with E-state index in [4.69, 9.17) is 9.47 Å². The highest BCUT2D eigenvalue weighted by atomic mass is 19.3. The molecule has 58 heavy (non-hydrogen) atoms. The Labute approximate surface area is 328 Å². The number of fused-ring (bicyclic) bond motifs is 2. The van der Waals surface area contributed by atoms with E-state index in [1.165, 1.54) is 50.6 Å². The third kappa shape index (κ3) is 7.94. The lowest BCUT2D eigenvalue weighted by molar-refractivity contribution is 0.101. The maximum Gasteiger partial charge on any atom is 0.280 e. The number of ether oxygens (including phenoxy) is 2. The molecule has 0 spiro atoms. The van der Waals surface area contributed by atoms with Crippen LogP contribution in [0.5, 0.6) is 11.5 Å². The van der Waals surface area contributed by atoms with Gasteiger partial charge in [-0.2, -0.15) is 10.5 Å². The van der Waals surface area contributed by atoms with Gasteiger partial charge in [0.05, 0.1) is 61.0 Å². The van der Waals surface area contributed by atoms with Gasteiger partial charge >= 0.3 is 0 Å². The van der Waals surface area contributed by atoms with E-state index < -0.39 is 36.1 Å². The minimum absolute atomic E-state index is 0.0433. The van der Waals surface area contributed by atoms with Crippen molar-refractivity contribution in [1.82, 2.24) is 28.7 Å². The molecule has 4 atom stereocenters. The number of imidazole rings is 2. The third-order valence-electron chi connectivity index (χ3n) is 10.1. The monoisotopic (exact) mass is 794 g/mol. The normalized spacial score (nSPS) is 18.3. The quantitative estimate of drug-likeness (QED) is 0.129. The molecular formula is C40H34F4N10O4. The summed E-state index contributed by atoms with van der Waals surface area (Å²) in [5.41, 5.74) is 2.40. The number of anilines is 2. The maximum atomic E-state index is 12.8.